The van der Waals surface area contributed by atoms with Gasteiger partial charge in [-0.25, -0.2) is 10.6 Å². The number of hydrogen-bond acceptors (Lipinski definition) is 7. The Hall–Kier alpha value is -3.82. The molecule has 1 aromatic heterocycles. The number of aromatic nitrogens is 1. The molecule has 1 saturated heterocycles. The molecular weight excluding hydrogens is 398 g/mol. The summed E-state index contributed by atoms with van der Waals surface area (Å²) in [6, 6.07) is 13.1. The third-order valence-corrected chi connectivity index (χ3v) is 5.18. The summed E-state index contributed by atoms with van der Waals surface area (Å²) in [6.07, 6.45) is 1.50. The van der Waals surface area contributed by atoms with E-state index >= 15 is 0 Å². The molecule has 0 atom stereocenters. The highest BCUT2D eigenvalue weighted by Gasteiger charge is 2.15. The molecule has 0 spiro atoms. The fraction of sp³-hybridized carbons (Fsp3) is 0.182. The molecule has 0 unspecified atom stereocenters. The van der Waals surface area contributed by atoms with E-state index in [1.165, 1.54) is 23.3 Å². The van der Waals surface area contributed by atoms with Crippen molar-refractivity contribution >= 4 is 34.1 Å². The number of nitrogens with two attached hydrogens (primary N) is 2. The summed E-state index contributed by atoms with van der Waals surface area (Å²) in [4.78, 5) is 29.3. The van der Waals surface area contributed by atoms with Crippen molar-refractivity contribution in [2.24, 2.45) is 11.6 Å². The van der Waals surface area contributed by atoms with Gasteiger partial charge in [-0.3, -0.25) is 9.80 Å². The molecule has 2 heterocycles. The Morgan fingerprint density at radius 1 is 1.16 bits per heavy atom. The number of hydrazine groups is 1. The van der Waals surface area contributed by atoms with Crippen LogP contribution >= 0.6 is 0 Å². The van der Waals surface area contributed by atoms with Crippen molar-refractivity contribution in [3.05, 3.63) is 76.1 Å². The van der Waals surface area contributed by atoms with Crippen molar-refractivity contribution < 1.29 is 14.6 Å². The molecule has 9 heteroatoms. The first-order valence-electron chi connectivity index (χ1n) is 9.78. The molecule has 3 aromatic rings. The monoisotopic (exact) mass is 421 g/mol. The summed E-state index contributed by atoms with van der Waals surface area (Å²) < 4.78 is 5.39. The highest BCUT2D eigenvalue weighted by Crippen LogP contribution is 2.23. The number of benzene rings is 2. The predicted molar refractivity (Wildman–Crippen MR) is 120 cm³/mol. The second kappa shape index (κ2) is 8.50. The second-order valence-electron chi connectivity index (χ2n) is 7.19. The summed E-state index contributed by atoms with van der Waals surface area (Å²) in [5, 5.41) is 11.0. The number of fused-ring (bicyclic) bond motifs is 1. The van der Waals surface area contributed by atoms with Gasteiger partial charge in [-0.2, -0.15) is 0 Å². The van der Waals surface area contributed by atoms with Gasteiger partial charge in [-0.05, 0) is 24.3 Å². The molecule has 4 rings (SSSR count). The lowest BCUT2D eigenvalue weighted by atomic mass is 10.1. The number of morpholine rings is 1. The highest BCUT2D eigenvalue weighted by molar-refractivity contribution is 5.92. The fourth-order valence-corrected chi connectivity index (χ4v) is 3.57. The number of H-pyrrole nitrogens is 1. The normalized spacial score (nSPS) is 14.6. The summed E-state index contributed by atoms with van der Waals surface area (Å²) in [5.74, 6) is 5.77. The lowest BCUT2D eigenvalue weighted by molar-refractivity contribution is 0.0697. The Bertz CT molecular complexity index is 1210. The largest absolute Gasteiger partial charge is 0.478 e. The minimum absolute atomic E-state index is 0.108. The molecule has 0 saturated carbocycles. The van der Waals surface area contributed by atoms with Crippen LogP contribution in [0.15, 0.2) is 59.5 Å². The quantitative estimate of drug-likeness (QED) is 0.361. The van der Waals surface area contributed by atoms with Crippen LogP contribution in [0, 0.1) is 0 Å². The third kappa shape index (κ3) is 4.23. The average molecular weight is 421 g/mol. The number of carboxylic acid groups (broad SMARTS) is 1. The van der Waals surface area contributed by atoms with Gasteiger partial charge in [0.05, 0.1) is 35.7 Å². The number of nitrogens with zero attached hydrogens (tertiary/aromatic N) is 2. The smallest absolute Gasteiger partial charge is 0.335 e. The van der Waals surface area contributed by atoms with Crippen LogP contribution in [-0.4, -0.2) is 42.4 Å². The van der Waals surface area contributed by atoms with Gasteiger partial charge in [0, 0.05) is 36.3 Å². The van der Waals surface area contributed by atoms with Crippen molar-refractivity contribution in [2.45, 2.75) is 0 Å². The lowest BCUT2D eigenvalue weighted by Gasteiger charge is -2.28. The van der Waals surface area contributed by atoms with Crippen LogP contribution in [0.4, 0.5) is 11.5 Å². The van der Waals surface area contributed by atoms with E-state index in [1.54, 1.807) is 36.4 Å². The van der Waals surface area contributed by atoms with E-state index in [0.717, 1.165) is 0 Å². The van der Waals surface area contributed by atoms with Crippen LogP contribution in [0.2, 0.25) is 0 Å². The number of aromatic amines is 1. The molecule has 0 bridgehead atoms. The summed E-state index contributed by atoms with van der Waals surface area (Å²) in [7, 11) is 0. The van der Waals surface area contributed by atoms with E-state index in [2.05, 4.69) is 9.88 Å². The Labute approximate surface area is 178 Å². The van der Waals surface area contributed by atoms with Crippen LogP contribution < -0.4 is 26.9 Å². The van der Waals surface area contributed by atoms with E-state index in [0.29, 0.717) is 60.0 Å². The minimum atomic E-state index is -1.05. The van der Waals surface area contributed by atoms with Gasteiger partial charge in [0.15, 0.2) is 5.43 Å². The first-order chi connectivity index (χ1) is 14.9. The number of aromatic carboxylic acids is 1. The van der Waals surface area contributed by atoms with Gasteiger partial charge < -0.3 is 25.5 Å². The van der Waals surface area contributed by atoms with Gasteiger partial charge in [0.1, 0.15) is 5.82 Å². The molecule has 0 amide bonds. The van der Waals surface area contributed by atoms with Gasteiger partial charge in [-0.15, -0.1) is 0 Å². The van der Waals surface area contributed by atoms with Gasteiger partial charge in [0.2, 0.25) is 0 Å². The zero-order valence-corrected chi connectivity index (χ0v) is 16.7. The Morgan fingerprint density at radius 2 is 1.90 bits per heavy atom. The van der Waals surface area contributed by atoms with Crippen LogP contribution in [0.3, 0.4) is 0 Å². The number of anilines is 2. The van der Waals surface area contributed by atoms with Crippen molar-refractivity contribution in [1.29, 1.82) is 0 Å². The van der Waals surface area contributed by atoms with Gasteiger partial charge >= 0.3 is 5.97 Å². The number of hydrogen-bond donors (Lipinski definition) is 4. The summed E-state index contributed by atoms with van der Waals surface area (Å²) >= 11 is 0. The maximum Gasteiger partial charge on any atom is 0.335 e. The van der Waals surface area contributed by atoms with Crippen molar-refractivity contribution in [3.8, 4) is 0 Å². The van der Waals surface area contributed by atoms with Crippen LogP contribution in [0.25, 0.3) is 16.6 Å². The van der Waals surface area contributed by atoms with E-state index in [1.807, 2.05) is 0 Å². The molecule has 160 valence electrons. The Balaban J connectivity index is 1.74. The van der Waals surface area contributed by atoms with Crippen molar-refractivity contribution in [1.82, 2.24) is 4.98 Å². The topological polar surface area (TPSA) is 138 Å². The molecule has 9 nitrogen and oxygen atoms in total. The molecule has 31 heavy (non-hydrogen) atoms. The number of nitrogens with one attached hydrogen (secondary N) is 1. The number of rotatable bonds is 5. The molecule has 0 radical (unpaired) electrons. The molecule has 0 aliphatic carbocycles. The van der Waals surface area contributed by atoms with Gasteiger partial charge in [-0.1, -0.05) is 18.2 Å². The third-order valence-electron chi connectivity index (χ3n) is 5.18. The zero-order chi connectivity index (χ0) is 22.0. The fourth-order valence-electron chi connectivity index (χ4n) is 3.57. The molecule has 1 aliphatic heterocycles. The number of pyridine rings is 1. The number of para-hydroxylation sites is 1. The molecular formula is C22H23N5O4. The highest BCUT2D eigenvalue weighted by atomic mass is 16.5. The molecule has 6 N–H and O–H groups in total. The standard InChI is InChI=1S/C22H23N5O4/c23-18(13-27(24)15-4-1-3-14(11-15)22(29)30)16-5-2-6-17-19(28)12-20(25-21(16)17)26-7-9-31-10-8-26/h1-6,11-13H,7-10,23-24H2,(H,25,28)(H,29,30)/b18-13-. The Morgan fingerprint density at radius 3 is 2.65 bits per heavy atom. The molecule has 1 fully saturated rings. The minimum Gasteiger partial charge on any atom is -0.478 e. The Kier molecular flexibility index (Phi) is 5.61. The van der Waals surface area contributed by atoms with Crippen LogP contribution in [0.5, 0.6) is 0 Å². The van der Waals surface area contributed by atoms with E-state index in [4.69, 9.17) is 16.3 Å². The maximum absolute atomic E-state index is 12.7. The summed E-state index contributed by atoms with van der Waals surface area (Å²) in [6.45, 7) is 2.57. The van der Waals surface area contributed by atoms with Gasteiger partial charge in [0.25, 0.3) is 0 Å². The first kappa shape index (κ1) is 20.5. The lowest BCUT2D eigenvalue weighted by Crippen LogP contribution is -2.37. The maximum atomic E-state index is 12.7. The van der Waals surface area contributed by atoms with Crippen LogP contribution in [0.1, 0.15) is 15.9 Å². The van der Waals surface area contributed by atoms with E-state index < -0.39 is 5.97 Å². The SMILES string of the molecule is N/C(=C\N(N)c1cccc(C(=O)O)c1)c1cccc2c(=O)cc(N3CCOCC3)[nH]c12. The summed E-state index contributed by atoms with van der Waals surface area (Å²) in [5.41, 5.74) is 8.37. The van der Waals surface area contributed by atoms with Crippen LogP contribution in [-0.2, 0) is 4.74 Å². The predicted octanol–water partition coefficient (Wildman–Crippen LogP) is 1.70. The first-order valence-corrected chi connectivity index (χ1v) is 9.78. The van der Waals surface area contributed by atoms with E-state index in [-0.39, 0.29) is 11.0 Å². The van der Waals surface area contributed by atoms with E-state index in [9.17, 15) is 14.7 Å². The van der Waals surface area contributed by atoms with Crippen molar-refractivity contribution in [3.63, 3.8) is 0 Å². The number of ether oxygens (including phenoxy) is 1. The second-order valence-corrected chi connectivity index (χ2v) is 7.19. The zero-order valence-electron chi connectivity index (χ0n) is 16.7. The number of carbonyl (C=O) groups is 1. The van der Waals surface area contributed by atoms with Crippen molar-refractivity contribution in [2.75, 3.05) is 36.2 Å². The molecule has 1 aliphatic rings. The number of carboxylic acids is 1. The average Bonchev–Trinajstić information content (AvgIpc) is 2.79. The molecule has 2 aromatic carbocycles.